The number of anilines is 2. The van der Waals surface area contributed by atoms with Crippen molar-refractivity contribution in [2.24, 2.45) is 0 Å². The van der Waals surface area contributed by atoms with Gasteiger partial charge in [0.05, 0.1) is 12.2 Å². The van der Waals surface area contributed by atoms with E-state index in [1.54, 1.807) is 50.5 Å². The van der Waals surface area contributed by atoms with Gasteiger partial charge in [-0.05, 0) is 48.9 Å². The number of hydrogen-bond donors (Lipinski definition) is 2. The highest BCUT2D eigenvalue weighted by molar-refractivity contribution is 5.96. The van der Waals surface area contributed by atoms with E-state index in [4.69, 9.17) is 4.74 Å². The molecule has 2 N–H and O–H groups in total. The van der Waals surface area contributed by atoms with Gasteiger partial charge in [-0.15, -0.1) is 0 Å². The fourth-order valence-corrected chi connectivity index (χ4v) is 2.26. The number of nitrogens with one attached hydrogen (secondary N) is 2. The van der Waals surface area contributed by atoms with Crippen LogP contribution in [0.3, 0.4) is 0 Å². The van der Waals surface area contributed by atoms with Crippen LogP contribution in [0.25, 0.3) is 0 Å². The van der Waals surface area contributed by atoms with E-state index in [1.807, 2.05) is 19.1 Å². The number of hydrogen-bond acceptors (Lipinski definition) is 4. The molecule has 27 heavy (non-hydrogen) atoms. The Morgan fingerprint density at radius 1 is 1.07 bits per heavy atom. The first-order valence-corrected chi connectivity index (χ1v) is 8.58. The Morgan fingerprint density at radius 3 is 2.37 bits per heavy atom. The largest absolute Gasteiger partial charge is 0.487 e. The fraction of sp³-hybridized carbons (Fsp3) is 0.238. The Morgan fingerprint density at radius 2 is 1.74 bits per heavy atom. The average Bonchev–Trinajstić information content (AvgIpc) is 2.65. The van der Waals surface area contributed by atoms with E-state index in [0.29, 0.717) is 23.6 Å². The number of nitrogens with zero attached hydrogens (tertiary/aromatic N) is 1. The van der Waals surface area contributed by atoms with Gasteiger partial charge in [0.2, 0.25) is 5.91 Å². The lowest BCUT2D eigenvalue weighted by molar-refractivity contribution is -0.114. The molecule has 2 amide bonds. The summed E-state index contributed by atoms with van der Waals surface area (Å²) in [5, 5.41) is 5.87. The summed E-state index contributed by atoms with van der Waals surface area (Å²) in [5.41, 5.74) is 2.86. The first-order valence-electron chi connectivity index (χ1n) is 8.58. The van der Waals surface area contributed by atoms with E-state index in [-0.39, 0.29) is 18.4 Å². The van der Waals surface area contributed by atoms with Gasteiger partial charge in [0.25, 0.3) is 5.91 Å². The highest BCUT2D eigenvalue weighted by Crippen LogP contribution is 2.24. The molecule has 6 nitrogen and oxygen atoms in total. The van der Waals surface area contributed by atoms with Gasteiger partial charge in [-0.25, -0.2) is 0 Å². The molecule has 0 atom stereocenters. The van der Waals surface area contributed by atoms with Gasteiger partial charge in [0, 0.05) is 25.3 Å². The van der Waals surface area contributed by atoms with Gasteiger partial charge >= 0.3 is 0 Å². The second-order valence-corrected chi connectivity index (χ2v) is 6.42. The second-order valence-electron chi connectivity index (χ2n) is 6.42. The molecule has 0 aliphatic carbocycles. The Balaban J connectivity index is 1.91. The van der Waals surface area contributed by atoms with Crippen molar-refractivity contribution in [2.45, 2.75) is 6.92 Å². The minimum Gasteiger partial charge on any atom is -0.487 e. The molecule has 2 aromatic rings. The molecular weight excluding hydrogens is 342 g/mol. The fourth-order valence-electron chi connectivity index (χ4n) is 2.26. The normalized spacial score (nSPS) is 10.0. The van der Waals surface area contributed by atoms with Gasteiger partial charge in [0.1, 0.15) is 12.4 Å². The molecule has 0 spiro atoms. The molecule has 0 aliphatic heterocycles. The van der Waals surface area contributed by atoms with E-state index in [2.05, 4.69) is 17.2 Å². The van der Waals surface area contributed by atoms with Crippen LogP contribution in [0.4, 0.5) is 11.4 Å². The van der Waals surface area contributed by atoms with Crippen LogP contribution in [0.1, 0.15) is 17.3 Å². The number of carbonyl (C=O) groups is 2. The molecule has 0 heterocycles. The summed E-state index contributed by atoms with van der Waals surface area (Å²) in [6, 6.07) is 14.3. The number of para-hydroxylation sites is 2. The van der Waals surface area contributed by atoms with Crippen molar-refractivity contribution < 1.29 is 14.3 Å². The van der Waals surface area contributed by atoms with E-state index < -0.39 is 0 Å². The molecule has 6 heteroatoms. The lowest BCUT2D eigenvalue weighted by Crippen LogP contribution is -2.23. The molecular formula is C21H25N3O3. The lowest BCUT2D eigenvalue weighted by atomic mass is 10.2. The maximum atomic E-state index is 12.2. The molecule has 0 aliphatic rings. The molecule has 142 valence electrons. The predicted octanol–water partition coefficient (Wildman–Crippen LogP) is 3.39. The van der Waals surface area contributed by atoms with E-state index in [9.17, 15) is 9.59 Å². The van der Waals surface area contributed by atoms with Crippen LogP contribution in [0.2, 0.25) is 0 Å². The van der Waals surface area contributed by atoms with Crippen LogP contribution in [0.5, 0.6) is 5.75 Å². The number of amides is 2. The average molecular weight is 367 g/mol. The van der Waals surface area contributed by atoms with Crippen molar-refractivity contribution in [3.05, 3.63) is 66.2 Å². The molecule has 0 saturated carbocycles. The number of carbonyl (C=O) groups excluding carboxylic acids is 2. The highest BCUT2D eigenvalue weighted by Gasteiger charge is 2.09. The molecule has 0 unspecified atom stereocenters. The number of ether oxygens (including phenoxy) is 1. The molecule has 0 aromatic heterocycles. The first-order chi connectivity index (χ1) is 12.9. The third kappa shape index (κ3) is 6.18. The number of rotatable bonds is 8. The zero-order valence-electron chi connectivity index (χ0n) is 15.9. The molecule has 2 aromatic carbocycles. The van der Waals surface area contributed by atoms with Crippen LogP contribution in [0.15, 0.2) is 60.7 Å². The van der Waals surface area contributed by atoms with Crippen LogP contribution >= 0.6 is 0 Å². The molecule has 0 saturated heterocycles. The SMILES string of the molecule is C=C(C)COc1ccccc1NC(=O)CNc1ccc(C(=O)N(C)C)cc1. The van der Waals surface area contributed by atoms with Crippen LogP contribution in [-0.4, -0.2) is 44.0 Å². The van der Waals surface area contributed by atoms with Crippen molar-refractivity contribution in [1.82, 2.24) is 4.90 Å². The summed E-state index contributed by atoms with van der Waals surface area (Å²) in [6.07, 6.45) is 0. The monoisotopic (exact) mass is 367 g/mol. The van der Waals surface area contributed by atoms with Gasteiger partial charge in [-0.3, -0.25) is 9.59 Å². The van der Waals surface area contributed by atoms with E-state index in [0.717, 1.165) is 11.3 Å². The standard InChI is InChI=1S/C21H25N3O3/c1-15(2)14-27-19-8-6-5-7-18(19)23-20(25)13-22-17-11-9-16(10-12-17)21(26)24(3)4/h5-12,22H,1,13-14H2,2-4H3,(H,23,25). The lowest BCUT2D eigenvalue weighted by Gasteiger charge is -2.13. The summed E-state index contributed by atoms with van der Waals surface area (Å²) in [4.78, 5) is 25.6. The van der Waals surface area contributed by atoms with E-state index in [1.165, 1.54) is 4.90 Å². The summed E-state index contributed by atoms with van der Waals surface area (Å²) < 4.78 is 5.65. The minimum absolute atomic E-state index is 0.0642. The quantitative estimate of drug-likeness (QED) is 0.702. The van der Waals surface area contributed by atoms with Crippen molar-refractivity contribution in [2.75, 3.05) is 37.9 Å². The van der Waals surface area contributed by atoms with Crippen molar-refractivity contribution in [1.29, 1.82) is 0 Å². The Hall–Kier alpha value is -3.28. The Bertz CT molecular complexity index is 814. The number of benzene rings is 2. The predicted molar refractivity (Wildman–Crippen MR) is 108 cm³/mol. The Labute approximate surface area is 159 Å². The van der Waals surface area contributed by atoms with E-state index >= 15 is 0 Å². The van der Waals surface area contributed by atoms with Crippen molar-refractivity contribution in [3.63, 3.8) is 0 Å². The third-order valence-electron chi connectivity index (χ3n) is 3.63. The minimum atomic E-state index is -0.199. The summed E-state index contributed by atoms with van der Waals surface area (Å²) in [6.45, 7) is 6.17. The molecule has 0 bridgehead atoms. The first kappa shape index (κ1) is 20.0. The Kier molecular flexibility index (Phi) is 7.00. The maximum Gasteiger partial charge on any atom is 0.253 e. The highest BCUT2D eigenvalue weighted by atomic mass is 16.5. The zero-order chi connectivity index (χ0) is 19.8. The topological polar surface area (TPSA) is 70.7 Å². The van der Waals surface area contributed by atoms with Crippen LogP contribution < -0.4 is 15.4 Å². The van der Waals surface area contributed by atoms with Gasteiger partial charge in [-0.2, -0.15) is 0 Å². The van der Waals surface area contributed by atoms with Gasteiger partial charge in [0.15, 0.2) is 0 Å². The summed E-state index contributed by atoms with van der Waals surface area (Å²) in [5.74, 6) is 0.334. The summed E-state index contributed by atoms with van der Waals surface area (Å²) >= 11 is 0. The van der Waals surface area contributed by atoms with Gasteiger partial charge < -0.3 is 20.3 Å². The second kappa shape index (κ2) is 9.43. The maximum absolute atomic E-state index is 12.2. The van der Waals surface area contributed by atoms with Crippen molar-refractivity contribution in [3.8, 4) is 5.75 Å². The van der Waals surface area contributed by atoms with Crippen LogP contribution in [-0.2, 0) is 4.79 Å². The molecule has 0 radical (unpaired) electrons. The molecule has 0 fully saturated rings. The smallest absolute Gasteiger partial charge is 0.253 e. The van der Waals surface area contributed by atoms with Gasteiger partial charge in [-0.1, -0.05) is 18.7 Å². The van der Waals surface area contributed by atoms with Crippen molar-refractivity contribution >= 4 is 23.2 Å². The van der Waals surface area contributed by atoms with Crippen LogP contribution in [0, 0.1) is 0 Å². The zero-order valence-corrected chi connectivity index (χ0v) is 15.9. The summed E-state index contributed by atoms with van der Waals surface area (Å²) in [7, 11) is 3.41. The third-order valence-corrected chi connectivity index (χ3v) is 3.63. The molecule has 2 rings (SSSR count).